The quantitative estimate of drug-likeness (QED) is 0.286. The number of carbonyl (C=O) groups is 2. The maximum atomic E-state index is 12.5. The minimum absolute atomic E-state index is 0.263. The lowest BCUT2D eigenvalue weighted by molar-refractivity contribution is 0.0260. The van der Waals surface area contributed by atoms with Gasteiger partial charge in [-0.25, -0.2) is 9.59 Å². The highest BCUT2D eigenvalue weighted by Crippen LogP contribution is 2.41. The lowest BCUT2D eigenvalue weighted by Crippen LogP contribution is -2.39. The molecule has 1 saturated carbocycles. The highest BCUT2D eigenvalue weighted by atomic mass is 16.6. The first-order valence-electron chi connectivity index (χ1n) is 16.3. The number of hydrogen-bond acceptors (Lipinski definition) is 6. The van der Waals surface area contributed by atoms with Gasteiger partial charge in [0.15, 0.2) is 11.6 Å². The summed E-state index contributed by atoms with van der Waals surface area (Å²) in [7, 11) is 0. The summed E-state index contributed by atoms with van der Waals surface area (Å²) in [5.41, 5.74) is 5.88. The van der Waals surface area contributed by atoms with Gasteiger partial charge in [-0.15, -0.1) is 10.2 Å². The van der Waals surface area contributed by atoms with E-state index in [9.17, 15) is 9.59 Å². The van der Waals surface area contributed by atoms with Gasteiger partial charge in [-0.1, -0.05) is 60.7 Å². The molecule has 0 N–H and O–H groups in total. The molecule has 1 fully saturated rings. The highest BCUT2D eigenvalue weighted by Gasteiger charge is 2.31. The Morgan fingerprint density at radius 3 is 1.30 bits per heavy atom. The predicted octanol–water partition coefficient (Wildman–Crippen LogP) is 8.00. The zero-order valence-electron chi connectivity index (χ0n) is 27.9. The fraction of sp³-hybridized carbons (Fsp3) is 0.459. The number of rotatable bonds is 5. The molecule has 0 atom stereocenters. The van der Waals surface area contributed by atoms with Gasteiger partial charge in [0, 0.05) is 43.3 Å². The van der Waals surface area contributed by atoms with Crippen LogP contribution in [0.1, 0.15) is 84.4 Å². The van der Waals surface area contributed by atoms with Crippen molar-refractivity contribution in [1.82, 2.24) is 24.6 Å². The summed E-state index contributed by atoms with van der Waals surface area (Å²) in [5, 5.41) is 9.33. The summed E-state index contributed by atoms with van der Waals surface area (Å²) in [4.78, 5) is 28.4. The van der Waals surface area contributed by atoms with E-state index in [1.165, 1.54) is 11.1 Å². The molecule has 2 aromatic carbocycles. The predicted molar refractivity (Wildman–Crippen MR) is 180 cm³/mol. The third-order valence-electron chi connectivity index (χ3n) is 8.36. The molecule has 3 aromatic rings. The van der Waals surface area contributed by atoms with Crippen molar-refractivity contribution < 1.29 is 19.1 Å². The van der Waals surface area contributed by atoms with Crippen LogP contribution in [0.15, 0.2) is 60.7 Å². The fourth-order valence-corrected chi connectivity index (χ4v) is 5.88. The van der Waals surface area contributed by atoms with Crippen LogP contribution < -0.4 is 0 Å². The van der Waals surface area contributed by atoms with Gasteiger partial charge < -0.3 is 23.8 Å². The molecule has 0 spiro atoms. The Morgan fingerprint density at radius 2 is 1.00 bits per heavy atom. The molecule has 3 heterocycles. The van der Waals surface area contributed by atoms with Gasteiger partial charge in [-0.05, 0) is 89.5 Å². The van der Waals surface area contributed by atoms with E-state index in [1.807, 2.05) is 41.5 Å². The van der Waals surface area contributed by atoms with Gasteiger partial charge in [0.05, 0.1) is 0 Å². The van der Waals surface area contributed by atoms with Crippen LogP contribution in [0.25, 0.3) is 33.9 Å². The fourth-order valence-electron chi connectivity index (χ4n) is 5.88. The number of carbonyl (C=O) groups excluding carboxylic acids is 2. The number of benzene rings is 2. The zero-order chi connectivity index (χ0) is 32.6. The third kappa shape index (κ3) is 7.35. The average molecular weight is 624 g/mol. The first kappa shape index (κ1) is 31.6. The van der Waals surface area contributed by atoms with Crippen molar-refractivity contribution in [1.29, 1.82) is 0 Å². The lowest BCUT2D eigenvalue weighted by Gasteiger charge is -2.29. The van der Waals surface area contributed by atoms with Crippen LogP contribution >= 0.6 is 0 Å². The van der Waals surface area contributed by atoms with Crippen molar-refractivity contribution in [3.63, 3.8) is 0 Å². The van der Waals surface area contributed by atoms with Gasteiger partial charge in [-0.2, -0.15) is 0 Å². The zero-order valence-corrected chi connectivity index (χ0v) is 27.9. The van der Waals surface area contributed by atoms with Crippen LogP contribution in [-0.4, -0.2) is 74.1 Å². The minimum atomic E-state index is -0.497. The molecule has 242 valence electrons. The van der Waals surface area contributed by atoms with Gasteiger partial charge in [0.2, 0.25) is 0 Å². The largest absolute Gasteiger partial charge is 0.444 e. The molecule has 1 aromatic heterocycles. The van der Waals surface area contributed by atoms with Gasteiger partial charge in [-0.3, -0.25) is 0 Å². The molecular weight excluding hydrogens is 578 g/mol. The maximum Gasteiger partial charge on any atom is 0.410 e. The Hall–Kier alpha value is -4.40. The molecule has 2 aliphatic heterocycles. The monoisotopic (exact) mass is 623 g/mol. The highest BCUT2D eigenvalue weighted by molar-refractivity contribution is 5.75. The number of hydrogen-bond donors (Lipinski definition) is 0. The van der Waals surface area contributed by atoms with Crippen LogP contribution in [0.3, 0.4) is 0 Å². The van der Waals surface area contributed by atoms with E-state index in [-0.39, 0.29) is 12.2 Å². The minimum Gasteiger partial charge on any atom is -0.444 e. The van der Waals surface area contributed by atoms with Crippen LogP contribution in [0, 0.1) is 0 Å². The Bertz CT molecular complexity index is 1530. The first-order valence-corrected chi connectivity index (χ1v) is 16.3. The molecule has 2 amide bonds. The summed E-state index contributed by atoms with van der Waals surface area (Å²) >= 11 is 0. The van der Waals surface area contributed by atoms with E-state index in [0.29, 0.717) is 32.2 Å². The Labute approximate surface area is 271 Å². The normalized spacial score (nSPS) is 17.3. The van der Waals surface area contributed by atoms with Crippen LogP contribution in [0.4, 0.5) is 9.59 Å². The van der Waals surface area contributed by atoms with Crippen molar-refractivity contribution in [2.24, 2.45) is 0 Å². The van der Waals surface area contributed by atoms with E-state index >= 15 is 0 Å². The summed E-state index contributed by atoms with van der Waals surface area (Å²) < 4.78 is 13.4. The van der Waals surface area contributed by atoms with Crippen LogP contribution in [-0.2, 0) is 9.47 Å². The molecule has 9 heteroatoms. The second-order valence-corrected chi connectivity index (χ2v) is 14.4. The summed E-state index contributed by atoms with van der Waals surface area (Å²) in [6, 6.07) is 17.5. The third-order valence-corrected chi connectivity index (χ3v) is 8.36. The number of nitrogens with zero attached hydrogens (tertiary/aromatic N) is 5. The number of aromatic nitrogens is 3. The topological polar surface area (TPSA) is 89.8 Å². The molecule has 9 nitrogen and oxygen atoms in total. The average Bonchev–Trinajstić information content (AvgIpc) is 3.77. The van der Waals surface area contributed by atoms with Gasteiger partial charge in [0.25, 0.3) is 0 Å². The Morgan fingerprint density at radius 1 is 0.630 bits per heavy atom. The first-order chi connectivity index (χ1) is 21.8. The summed E-state index contributed by atoms with van der Waals surface area (Å²) in [5.74, 6) is 1.78. The molecular formula is C37H45N5O4. The summed E-state index contributed by atoms with van der Waals surface area (Å²) in [6.07, 6.45) is 7.54. The van der Waals surface area contributed by atoms with Crippen molar-refractivity contribution in [2.75, 3.05) is 26.2 Å². The molecule has 0 saturated heterocycles. The second kappa shape index (κ2) is 12.4. The molecule has 46 heavy (non-hydrogen) atoms. The number of ether oxygens (including phenoxy) is 2. The van der Waals surface area contributed by atoms with E-state index in [0.717, 1.165) is 59.6 Å². The van der Waals surface area contributed by atoms with Crippen LogP contribution in [0.2, 0.25) is 0 Å². The lowest BCUT2D eigenvalue weighted by atomic mass is 9.98. The van der Waals surface area contributed by atoms with Crippen molar-refractivity contribution in [3.8, 4) is 22.8 Å². The molecule has 6 rings (SSSR count). The van der Waals surface area contributed by atoms with Crippen molar-refractivity contribution >= 4 is 23.3 Å². The van der Waals surface area contributed by atoms with Crippen molar-refractivity contribution in [3.05, 3.63) is 71.8 Å². The smallest absolute Gasteiger partial charge is 0.410 e. The molecule has 0 bridgehead atoms. The molecule has 3 aliphatic rings. The Balaban J connectivity index is 1.14. The molecule has 0 radical (unpaired) electrons. The molecule has 1 aliphatic carbocycles. The summed E-state index contributed by atoms with van der Waals surface area (Å²) in [6.45, 7) is 13.7. The standard InChI is InChI=1S/C37H45N5O4/c1-36(2,3)45-34(43)40-21-17-27(18-22-40)25-7-11-29(12-8-25)32-38-39-33(42(32)31-15-16-31)30-13-9-26(10-14-30)28-19-23-41(24-20-28)35(44)46-37(4,5)6/h7-14,17,19,31H,15-16,18,20-24H2,1-6H3. The van der Waals surface area contributed by atoms with E-state index in [2.05, 4.69) is 75.4 Å². The van der Waals surface area contributed by atoms with Crippen LogP contribution in [0.5, 0.6) is 0 Å². The number of amides is 2. The maximum absolute atomic E-state index is 12.5. The van der Waals surface area contributed by atoms with E-state index in [1.54, 1.807) is 9.80 Å². The van der Waals surface area contributed by atoms with Crippen molar-refractivity contribution in [2.45, 2.75) is 84.5 Å². The SMILES string of the molecule is CC(C)(C)OC(=O)N1CC=C(c2ccc(-c3nnc(-c4ccc(C5=CCN(C(=O)OC(C)(C)C)CC5)cc4)n3C3CC3)cc2)CC1. The van der Waals surface area contributed by atoms with E-state index < -0.39 is 11.2 Å². The van der Waals surface area contributed by atoms with Gasteiger partial charge in [0.1, 0.15) is 11.2 Å². The van der Waals surface area contributed by atoms with E-state index in [4.69, 9.17) is 9.47 Å². The second-order valence-electron chi connectivity index (χ2n) is 14.4. The molecule has 0 unspecified atom stereocenters. The van der Waals surface area contributed by atoms with Gasteiger partial charge >= 0.3 is 12.2 Å². The Kier molecular flexibility index (Phi) is 8.53.